The number of amides is 1. The minimum Gasteiger partial charge on any atom is -0.445 e. The molecular weight excluding hydrogens is 316 g/mol. The van der Waals surface area contributed by atoms with Crippen LogP contribution in [0.2, 0.25) is 0 Å². The Morgan fingerprint density at radius 2 is 2.12 bits per heavy atom. The zero-order valence-electron chi connectivity index (χ0n) is 14.4. The van der Waals surface area contributed by atoms with Crippen LogP contribution in [-0.4, -0.2) is 36.3 Å². The van der Waals surface area contributed by atoms with Crippen LogP contribution < -0.4 is 0 Å². The highest BCUT2D eigenvalue weighted by atomic mass is 16.6. The zero-order chi connectivity index (χ0) is 17.5. The fourth-order valence-electron chi connectivity index (χ4n) is 3.50. The standard InChI is InChI=1S/C20H24N2O3/c21-10-6-2-5-9-17-11-18-14-24-15-19(12-17)22(18)20(23)25-13-16-7-3-1-4-8-16/h1,3-4,7-8,11,18-19H,2,5-6,9,12-15H2. The van der Waals surface area contributed by atoms with Gasteiger partial charge in [-0.2, -0.15) is 5.26 Å². The van der Waals surface area contributed by atoms with Gasteiger partial charge in [-0.25, -0.2) is 4.79 Å². The Bertz CT molecular complexity index is 651. The number of nitriles is 1. The lowest BCUT2D eigenvalue weighted by Gasteiger charge is -2.43. The molecule has 132 valence electrons. The first-order valence-electron chi connectivity index (χ1n) is 8.91. The minimum absolute atomic E-state index is 0.0401. The summed E-state index contributed by atoms with van der Waals surface area (Å²) in [5.41, 5.74) is 2.37. The van der Waals surface area contributed by atoms with Crippen LogP contribution in [0, 0.1) is 11.3 Å². The Balaban J connectivity index is 1.57. The normalized spacial score (nSPS) is 22.0. The van der Waals surface area contributed by atoms with Gasteiger partial charge in [-0.1, -0.05) is 42.0 Å². The van der Waals surface area contributed by atoms with E-state index in [0.29, 0.717) is 26.2 Å². The molecule has 25 heavy (non-hydrogen) atoms. The smallest absolute Gasteiger partial charge is 0.411 e. The molecule has 1 aromatic carbocycles. The maximum absolute atomic E-state index is 12.6. The summed E-state index contributed by atoms with van der Waals surface area (Å²) in [6.07, 6.45) is 6.31. The van der Waals surface area contributed by atoms with Crippen molar-refractivity contribution in [1.29, 1.82) is 5.26 Å². The summed E-state index contributed by atoms with van der Waals surface area (Å²) in [5.74, 6) is 0. The van der Waals surface area contributed by atoms with E-state index in [1.165, 1.54) is 5.57 Å². The van der Waals surface area contributed by atoms with Crippen LogP contribution >= 0.6 is 0 Å². The molecule has 5 nitrogen and oxygen atoms in total. The zero-order valence-corrected chi connectivity index (χ0v) is 14.4. The first kappa shape index (κ1) is 17.5. The molecule has 0 N–H and O–H groups in total. The summed E-state index contributed by atoms with van der Waals surface area (Å²) < 4.78 is 11.2. The number of carbonyl (C=O) groups is 1. The van der Waals surface area contributed by atoms with E-state index >= 15 is 0 Å². The number of morpholine rings is 1. The Morgan fingerprint density at radius 3 is 2.88 bits per heavy atom. The van der Waals surface area contributed by atoms with Crippen molar-refractivity contribution in [3.8, 4) is 6.07 Å². The Labute approximate surface area is 148 Å². The van der Waals surface area contributed by atoms with Gasteiger partial charge in [0.15, 0.2) is 0 Å². The van der Waals surface area contributed by atoms with Gasteiger partial charge in [0.25, 0.3) is 0 Å². The summed E-state index contributed by atoms with van der Waals surface area (Å²) in [4.78, 5) is 14.4. The van der Waals surface area contributed by atoms with E-state index in [1.54, 1.807) is 0 Å². The molecule has 2 heterocycles. The molecule has 5 heteroatoms. The number of rotatable bonds is 6. The number of fused-ring (bicyclic) bond motifs is 2. The number of hydrogen-bond donors (Lipinski definition) is 0. The SMILES string of the molecule is N#CCCCCC1=CC2COCC(C1)N2C(=O)OCc1ccccc1. The topological polar surface area (TPSA) is 62.6 Å². The number of nitrogens with zero attached hydrogens (tertiary/aromatic N) is 2. The molecule has 1 amide bonds. The van der Waals surface area contributed by atoms with Crippen LogP contribution in [0.4, 0.5) is 4.79 Å². The molecular formula is C20H24N2O3. The molecule has 1 aromatic rings. The predicted molar refractivity (Wildman–Crippen MR) is 93.6 cm³/mol. The van der Waals surface area contributed by atoms with E-state index in [2.05, 4.69) is 12.1 Å². The molecule has 3 rings (SSSR count). The summed E-state index contributed by atoms with van der Waals surface area (Å²) in [5, 5.41) is 8.62. The van der Waals surface area contributed by atoms with E-state index in [0.717, 1.165) is 31.2 Å². The van der Waals surface area contributed by atoms with Gasteiger partial charge in [0.2, 0.25) is 0 Å². The number of hydrogen-bond acceptors (Lipinski definition) is 4. The lowest BCUT2D eigenvalue weighted by atomic mass is 9.91. The molecule has 2 atom stereocenters. The van der Waals surface area contributed by atoms with E-state index in [9.17, 15) is 4.79 Å². The van der Waals surface area contributed by atoms with Crippen LogP contribution in [0.25, 0.3) is 0 Å². The average molecular weight is 340 g/mol. The van der Waals surface area contributed by atoms with Crippen LogP contribution in [0.3, 0.4) is 0 Å². The highest BCUT2D eigenvalue weighted by Gasteiger charge is 2.38. The molecule has 0 radical (unpaired) electrons. The first-order chi connectivity index (χ1) is 12.3. The maximum atomic E-state index is 12.6. The maximum Gasteiger partial charge on any atom is 0.411 e. The third-order valence-electron chi connectivity index (χ3n) is 4.73. The summed E-state index contributed by atoms with van der Waals surface area (Å²) in [6.45, 7) is 1.38. The highest BCUT2D eigenvalue weighted by Crippen LogP contribution is 2.30. The van der Waals surface area contributed by atoms with Crippen molar-refractivity contribution in [2.75, 3.05) is 13.2 Å². The van der Waals surface area contributed by atoms with E-state index < -0.39 is 0 Å². The summed E-state index contributed by atoms with van der Waals surface area (Å²) in [6, 6.07) is 11.9. The Morgan fingerprint density at radius 1 is 1.28 bits per heavy atom. The molecule has 2 unspecified atom stereocenters. The van der Waals surface area contributed by atoms with Gasteiger partial charge in [-0.15, -0.1) is 0 Å². The van der Waals surface area contributed by atoms with Crippen LogP contribution in [0.15, 0.2) is 42.0 Å². The molecule has 0 aliphatic carbocycles. The second-order valence-electron chi connectivity index (χ2n) is 6.60. The number of carbonyl (C=O) groups excluding carboxylic acids is 1. The van der Waals surface area contributed by atoms with Crippen molar-refractivity contribution in [2.24, 2.45) is 0 Å². The molecule has 1 fully saturated rings. The molecule has 2 aliphatic heterocycles. The van der Waals surface area contributed by atoms with Crippen molar-refractivity contribution < 1.29 is 14.3 Å². The molecule has 0 saturated carbocycles. The van der Waals surface area contributed by atoms with Gasteiger partial charge in [-0.05, 0) is 31.2 Å². The van der Waals surface area contributed by atoms with E-state index in [1.807, 2.05) is 35.2 Å². The molecule has 2 bridgehead atoms. The number of ether oxygens (including phenoxy) is 2. The van der Waals surface area contributed by atoms with Crippen molar-refractivity contribution >= 4 is 6.09 Å². The fourth-order valence-corrected chi connectivity index (χ4v) is 3.50. The third-order valence-corrected chi connectivity index (χ3v) is 4.73. The van der Waals surface area contributed by atoms with Gasteiger partial charge < -0.3 is 9.47 Å². The molecule has 2 aliphatic rings. The second-order valence-corrected chi connectivity index (χ2v) is 6.60. The second kappa shape index (κ2) is 8.68. The van der Waals surface area contributed by atoms with Gasteiger partial charge in [0.05, 0.1) is 31.4 Å². The first-order valence-corrected chi connectivity index (χ1v) is 8.91. The lowest BCUT2D eigenvalue weighted by molar-refractivity contribution is -0.0375. The summed E-state index contributed by atoms with van der Waals surface area (Å²) in [7, 11) is 0. The van der Waals surface area contributed by atoms with Gasteiger partial charge in [0, 0.05) is 6.42 Å². The van der Waals surface area contributed by atoms with Gasteiger partial charge in [0.1, 0.15) is 6.61 Å². The predicted octanol–water partition coefficient (Wildman–Crippen LogP) is 3.81. The molecule has 0 spiro atoms. The summed E-state index contributed by atoms with van der Waals surface area (Å²) >= 11 is 0. The molecule has 1 saturated heterocycles. The van der Waals surface area contributed by atoms with Crippen molar-refractivity contribution in [1.82, 2.24) is 4.90 Å². The van der Waals surface area contributed by atoms with E-state index in [4.69, 9.17) is 14.7 Å². The van der Waals surface area contributed by atoms with Crippen molar-refractivity contribution in [3.63, 3.8) is 0 Å². The largest absolute Gasteiger partial charge is 0.445 e. The fraction of sp³-hybridized carbons (Fsp3) is 0.500. The van der Waals surface area contributed by atoms with Gasteiger partial charge in [-0.3, -0.25) is 4.90 Å². The lowest BCUT2D eigenvalue weighted by Crippen LogP contribution is -2.56. The Hall–Kier alpha value is -2.32. The van der Waals surface area contributed by atoms with Crippen LogP contribution in [-0.2, 0) is 16.1 Å². The monoisotopic (exact) mass is 340 g/mol. The quantitative estimate of drug-likeness (QED) is 0.583. The van der Waals surface area contributed by atoms with Crippen LogP contribution in [0.1, 0.15) is 37.7 Å². The van der Waals surface area contributed by atoms with Crippen molar-refractivity contribution in [3.05, 3.63) is 47.5 Å². The highest BCUT2D eigenvalue weighted by molar-refractivity contribution is 5.69. The number of benzene rings is 1. The van der Waals surface area contributed by atoms with Crippen molar-refractivity contribution in [2.45, 2.75) is 50.8 Å². The van der Waals surface area contributed by atoms with E-state index in [-0.39, 0.29) is 18.2 Å². The number of unbranched alkanes of at least 4 members (excludes halogenated alkanes) is 2. The molecule has 0 aromatic heterocycles. The Kier molecular flexibility index (Phi) is 6.08. The van der Waals surface area contributed by atoms with Gasteiger partial charge >= 0.3 is 6.09 Å². The minimum atomic E-state index is -0.262. The van der Waals surface area contributed by atoms with Crippen LogP contribution in [0.5, 0.6) is 0 Å². The average Bonchev–Trinajstić information content (AvgIpc) is 2.63. The third kappa shape index (κ3) is 4.61.